The summed E-state index contributed by atoms with van der Waals surface area (Å²) in [6, 6.07) is 19.2. The maximum atomic E-state index is 13.5. The summed E-state index contributed by atoms with van der Waals surface area (Å²) < 4.78 is 35.6. The Balaban J connectivity index is 1.53. The highest BCUT2D eigenvalue weighted by Crippen LogP contribution is 2.32. The minimum atomic E-state index is -0.298. The summed E-state index contributed by atoms with van der Waals surface area (Å²) in [6.07, 6.45) is 11.3. The van der Waals surface area contributed by atoms with Gasteiger partial charge in [-0.05, 0) is 89.5 Å². The van der Waals surface area contributed by atoms with E-state index < -0.39 is 0 Å². The molecule has 3 aromatic rings. The Labute approximate surface area is 204 Å². The molecule has 2 heterocycles. The summed E-state index contributed by atoms with van der Waals surface area (Å²) >= 11 is 0. The zero-order chi connectivity index (χ0) is 24.2. The van der Waals surface area contributed by atoms with Gasteiger partial charge in [0.15, 0.2) is 0 Å². The second-order valence-corrected chi connectivity index (χ2v) is 8.94. The zero-order valence-corrected chi connectivity index (χ0v) is 19.8. The summed E-state index contributed by atoms with van der Waals surface area (Å²) in [5.41, 5.74) is 3.94. The summed E-state index contributed by atoms with van der Waals surface area (Å²) in [7, 11) is 0. The van der Waals surface area contributed by atoms with E-state index in [9.17, 15) is 8.78 Å². The van der Waals surface area contributed by atoms with Crippen molar-refractivity contribution >= 4 is 17.4 Å². The lowest BCUT2D eigenvalue weighted by atomic mass is 10.00. The van der Waals surface area contributed by atoms with Crippen molar-refractivity contribution in [3.05, 3.63) is 130 Å². The molecule has 2 nitrogen and oxygen atoms in total. The topological polar surface area (TPSA) is 12.2 Å². The molecule has 3 aromatic carbocycles. The van der Waals surface area contributed by atoms with Crippen LogP contribution in [0.3, 0.4) is 0 Å². The summed E-state index contributed by atoms with van der Waals surface area (Å²) in [4.78, 5) is 0. The van der Waals surface area contributed by atoms with E-state index in [2.05, 4.69) is 35.8 Å². The number of allylic oxidation sites excluding steroid dienone is 4. The fraction of sp³-hybridized carbons (Fsp3) is 0.194. The average molecular weight is 469 g/mol. The molecule has 0 unspecified atom stereocenters. The molecule has 35 heavy (non-hydrogen) atoms. The van der Waals surface area contributed by atoms with E-state index in [-0.39, 0.29) is 11.6 Å². The van der Waals surface area contributed by atoms with Gasteiger partial charge in [-0.3, -0.25) is 0 Å². The number of nitrogens with zero attached hydrogens (tertiary/aromatic N) is 1. The van der Waals surface area contributed by atoms with Crippen molar-refractivity contribution in [2.45, 2.75) is 26.2 Å². The third-order valence-electron chi connectivity index (χ3n) is 6.37. The highest BCUT2D eigenvalue weighted by atomic mass is 19.1. The average Bonchev–Trinajstić information content (AvgIpc) is 2.88. The lowest BCUT2D eigenvalue weighted by molar-refractivity contribution is 0.398. The first-order chi connectivity index (χ1) is 17.1. The van der Waals surface area contributed by atoms with Crippen molar-refractivity contribution in [1.82, 2.24) is 4.58 Å². The third kappa shape index (κ3) is 5.32. The Morgan fingerprint density at radius 3 is 2.29 bits per heavy atom. The molecule has 0 amide bonds. The molecule has 0 aliphatic carbocycles. The van der Waals surface area contributed by atoms with Gasteiger partial charge in [-0.2, -0.15) is 0 Å². The molecule has 176 valence electrons. The van der Waals surface area contributed by atoms with Gasteiger partial charge in [0.2, 0.25) is 5.36 Å². The number of rotatable bonds is 5. The molecule has 5 rings (SSSR count). The van der Waals surface area contributed by atoms with Crippen LogP contribution in [0.25, 0.3) is 17.4 Å². The molecule has 0 fully saturated rings. The SMILES string of the molecule is CCC[N+]1=c2ccc(=CC=C3C=C(c4ccc(F)cc4)C=C(c4ccc(F)cc4)O3)cc2CCC1. The Morgan fingerprint density at radius 2 is 1.57 bits per heavy atom. The van der Waals surface area contributed by atoms with Crippen LogP contribution in [0.5, 0.6) is 0 Å². The first kappa shape index (κ1) is 23.0. The first-order valence-electron chi connectivity index (χ1n) is 12.1. The van der Waals surface area contributed by atoms with Crippen LogP contribution < -0.4 is 15.2 Å². The molecular formula is C31H28F2NO+. The van der Waals surface area contributed by atoms with Gasteiger partial charge in [-0.15, -0.1) is 0 Å². The molecule has 0 spiro atoms. The Kier molecular flexibility index (Phi) is 6.71. The van der Waals surface area contributed by atoms with E-state index in [0.29, 0.717) is 11.5 Å². The van der Waals surface area contributed by atoms with Gasteiger partial charge in [0.1, 0.15) is 36.2 Å². The predicted octanol–water partition coefficient (Wildman–Crippen LogP) is 5.63. The van der Waals surface area contributed by atoms with E-state index in [1.54, 1.807) is 24.3 Å². The van der Waals surface area contributed by atoms with Gasteiger partial charge < -0.3 is 4.74 Å². The van der Waals surface area contributed by atoms with E-state index >= 15 is 0 Å². The highest BCUT2D eigenvalue weighted by molar-refractivity contribution is 5.85. The quantitative estimate of drug-likeness (QED) is 0.442. The molecule has 2 aliphatic heterocycles. The molecule has 2 aliphatic rings. The van der Waals surface area contributed by atoms with Crippen LogP contribution in [0.15, 0.2) is 90.7 Å². The third-order valence-corrected chi connectivity index (χ3v) is 6.37. The molecule has 0 bridgehead atoms. The van der Waals surface area contributed by atoms with Crippen LogP contribution in [0.2, 0.25) is 0 Å². The Bertz CT molecular complexity index is 1450. The number of hydrogen-bond acceptors (Lipinski definition) is 1. The maximum absolute atomic E-state index is 13.5. The van der Waals surface area contributed by atoms with Crippen LogP contribution in [0.1, 0.15) is 36.5 Å². The molecule has 0 N–H and O–H groups in total. The fourth-order valence-electron chi connectivity index (χ4n) is 4.65. The fourth-order valence-corrected chi connectivity index (χ4v) is 4.65. The highest BCUT2D eigenvalue weighted by Gasteiger charge is 2.16. The number of ether oxygens (including phenoxy) is 1. The lowest BCUT2D eigenvalue weighted by Crippen LogP contribution is -2.38. The summed E-state index contributed by atoms with van der Waals surface area (Å²) in [5.74, 6) is 0.704. The van der Waals surface area contributed by atoms with Crippen LogP contribution in [0, 0.1) is 11.6 Å². The largest absolute Gasteiger partial charge is 0.457 e. The minimum Gasteiger partial charge on any atom is -0.457 e. The molecule has 0 atom stereocenters. The maximum Gasteiger partial charge on any atom is 0.203 e. The molecular weight excluding hydrogens is 440 g/mol. The van der Waals surface area contributed by atoms with Gasteiger partial charge in [0.05, 0.1) is 0 Å². The van der Waals surface area contributed by atoms with Gasteiger partial charge in [0.25, 0.3) is 0 Å². The van der Waals surface area contributed by atoms with Crippen molar-refractivity contribution < 1.29 is 13.5 Å². The number of fused-ring (bicyclic) bond motifs is 1. The molecule has 0 aromatic heterocycles. The van der Waals surface area contributed by atoms with E-state index in [1.165, 1.54) is 41.6 Å². The van der Waals surface area contributed by atoms with Crippen LogP contribution in [-0.2, 0) is 11.2 Å². The van der Waals surface area contributed by atoms with Gasteiger partial charge in [-0.1, -0.05) is 25.1 Å². The van der Waals surface area contributed by atoms with Gasteiger partial charge in [-0.25, -0.2) is 13.4 Å². The predicted molar refractivity (Wildman–Crippen MR) is 138 cm³/mol. The number of halogens is 2. The Morgan fingerprint density at radius 1 is 0.857 bits per heavy atom. The molecule has 0 radical (unpaired) electrons. The zero-order valence-electron chi connectivity index (χ0n) is 19.8. The van der Waals surface area contributed by atoms with Crippen LogP contribution in [0.4, 0.5) is 8.78 Å². The smallest absolute Gasteiger partial charge is 0.203 e. The van der Waals surface area contributed by atoms with Crippen LogP contribution in [-0.4, -0.2) is 13.1 Å². The standard InChI is InChI=1S/C31H28F2NO/c1-2-17-34-18-3-4-25-19-22(6-16-30(25)34)5-15-29-20-26(23-7-11-27(32)12-8-23)21-31(35-29)24-9-13-28(33)14-10-24/h5-16,19-21H,2-4,17-18H2,1H3/q+1. The normalized spacial score (nSPS) is 17.1. The summed E-state index contributed by atoms with van der Waals surface area (Å²) in [5, 5.41) is 2.46. The van der Waals surface area contributed by atoms with E-state index in [1.807, 2.05) is 18.2 Å². The van der Waals surface area contributed by atoms with Crippen molar-refractivity contribution in [1.29, 1.82) is 0 Å². The lowest BCUT2D eigenvalue weighted by Gasteiger charge is -2.18. The number of hydrogen-bond donors (Lipinski definition) is 0. The first-order valence-corrected chi connectivity index (χ1v) is 12.1. The van der Waals surface area contributed by atoms with Crippen LogP contribution >= 0.6 is 0 Å². The van der Waals surface area contributed by atoms with Crippen molar-refractivity contribution in [3.8, 4) is 0 Å². The molecule has 0 saturated heterocycles. The minimum absolute atomic E-state index is 0.279. The second-order valence-electron chi connectivity index (χ2n) is 8.94. The number of benzene rings is 3. The summed E-state index contributed by atoms with van der Waals surface area (Å²) in [6.45, 7) is 4.43. The monoisotopic (exact) mass is 468 g/mol. The van der Waals surface area contributed by atoms with Crippen molar-refractivity contribution in [3.63, 3.8) is 0 Å². The van der Waals surface area contributed by atoms with E-state index in [4.69, 9.17) is 4.74 Å². The second kappa shape index (κ2) is 10.2. The van der Waals surface area contributed by atoms with Crippen molar-refractivity contribution in [2.75, 3.05) is 13.1 Å². The van der Waals surface area contributed by atoms with E-state index in [0.717, 1.165) is 47.8 Å². The van der Waals surface area contributed by atoms with Crippen molar-refractivity contribution in [2.24, 2.45) is 0 Å². The number of aryl methyl sites for hydroxylation is 1. The van der Waals surface area contributed by atoms with Gasteiger partial charge >= 0.3 is 0 Å². The molecule has 4 heteroatoms. The Hall–Kier alpha value is -3.79. The van der Waals surface area contributed by atoms with Gasteiger partial charge in [0, 0.05) is 30.0 Å². The molecule has 0 saturated carbocycles.